The molecule has 14 atom stereocenters. The number of aliphatic hydroxyl groups is 6. The fourth-order valence-corrected chi connectivity index (χ4v) is 6.15. The summed E-state index contributed by atoms with van der Waals surface area (Å²) in [6.45, 7) is 11.4. The van der Waals surface area contributed by atoms with Crippen LogP contribution in [0.25, 0.3) is 0 Å². The number of ether oxygens (including phenoxy) is 5. The molecule has 3 aliphatic rings. The molecule has 2 aliphatic heterocycles. The second-order valence-electron chi connectivity index (χ2n) is 13.8. The van der Waals surface area contributed by atoms with Gasteiger partial charge in [0.1, 0.15) is 23.9 Å². The summed E-state index contributed by atoms with van der Waals surface area (Å²) in [6, 6.07) is 0. The van der Waals surface area contributed by atoms with Gasteiger partial charge in [-0.05, 0) is 51.9 Å². The minimum absolute atomic E-state index is 0.0192. The molecule has 3 fully saturated rings. The summed E-state index contributed by atoms with van der Waals surface area (Å²) in [6.07, 6.45) is -8.63. The van der Waals surface area contributed by atoms with Crippen LogP contribution in [0.4, 0.5) is 4.79 Å². The minimum Gasteiger partial charge on any atom is -0.444 e. The van der Waals surface area contributed by atoms with E-state index in [1.807, 2.05) is 20.8 Å². The van der Waals surface area contributed by atoms with E-state index in [1.165, 1.54) is 0 Å². The molecule has 14 unspecified atom stereocenters. The maximum atomic E-state index is 11.8. The predicted molar refractivity (Wildman–Crippen MR) is 157 cm³/mol. The molecule has 0 radical (unpaired) electrons. The lowest BCUT2D eigenvalue weighted by molar-refractivity contribution is -0.322. The van der Waals surface area contributed by atoms with Crippen LogP contribution in [0.3, 0.4) is 0 Å². The zero-order valence-corrected chi connectivity index (χ0v) is 26.9. The lowest BCUT2D eigenvalue weighted by Crippen LogP contribution is -2.58. The maximum Gasteiger partial charge on any atom is 0.407 e. The fourth-order valence-electron chi connectivity index (χ4n) is 6.15. The van der Waals surface area contributed by atoms with Crippen LogP contribution in [0.2, 0.25) is 0 Å². The summed E-state index contributed by atoms with van der Waals surface area (Å²) in [5, 5.41) is 68.1. The van der Waals surface area contributed by atoms with Crippen molar-refractivity contribution in [1.29, 1.82) is 0 Å². The van der Waals surface area contributed by atoms with Gasteiger partial charge < -0.3 is 65.0 Å². The molecule has 3 rings (SSSR count). The zero-order chi connectivity index (χ0) is 32.8. The van der Waals surface area contributed by atoms with Gasteiger partial charge in [0, 0.05) is 32.0 Å². The van der Waals surface area contributed by atoms with Crippen molar-refractivity contribution in [2.24, 2.45) is 17.8 Å². The van der Waals surface area contributed by atoms with Crippen LogP contribution < -0.4 is 10.6 Å². The van der Waals surface area contributed by atoms with E-state index in [9.17, 15) is 35.4 Å². The van der Waals surface area contributed by atoms with Crippen LogP contribution in [-0.4, -0.2) is 136 Å². The number of rotatable bonds is 12. The van der Waals surface area contributed by atoms with Crippen molar-refractivity contribution in [2.75, 3.05) is 26.2 Å². The third kappa shape index (κ3) is 10.7. The smallest absolute Gasteiger partial charge is 0.407 e. The molecule has 1 saturated carbocycles. The molecule has 14 nitrogen and oxygen atoms in total. The number of carbonyl (C=O) groups excluding carboxylic acids is 1. The van der Waals surface area contributed by atoms with Crippen LogP contribution in [0.1, 0.15) is 67.2 Å². The summed E-state index contributed by atoms with van der Waals surface area (Å²) in [5.74, 6) is -0.309. The number of carbonyl (C=O) groups is 1. The Morgan fingerprint density at radius 3 is 2.07 bits per heavy atom. The molecular weight excluding hydrogens is 580 g/mol. The topological polar surface area (TPSA) is 209 Å². The molecule has 0 aromatic heterocycles. The van der Waals surface area contributed by atoms with Crippen LogP contribution >= 0.6 is 0 Å². The van der Waals surface area contributed by atoms with Gasteiger partial charge >= 0.3 is 6.09 Å². The van der Waals surface area contributed by atoms with E-state index in [0.29, 0.717) is 19.3 Å². The molecule has 1 amide bonds. The summed E-state index contributed by atoms with van der Waals surface area (Å²) in [7, 11) is 0. The number of nitrogens with one attached hydrogen (secondary N) is 2. The molecule has 44 heavy (non-hydrogen) atoms. The molecule has 1 aliphatic carbocycles. The highest BCUT2D eigenvalue weighted by atomic mass is 16.7. The molecule has 0 spiro atoms. The summed E-state index contributed by atoms with van der Waals surface area (Å²) in [5.41, 5.74) is -0.602. The van der Waals surface area contributed by atoms with E-state index in [2.05, 4.69) is 10.6 Å². The third-order valence-electron chi connectivity index (χ3n) is 8.52. The minimum atomic E-state index is -1.12. The van der Waals surface area contributed by atoms with Gasteiger partial charge in [0.15, 0.2) is 12.6 Å². The second-order valence-corrected chi connectivity index (χ2v) is 13.8. The van der Waals surface area contributed by atoms with Crippen molar-refractivity contribution < 1.29 is 59.1 Å². The molecule has 0 bridgehead atoms. The fraction of sp³-hybridized carbons (Fsp3) is 0.967. The molecule has 0 aromatic rings. The summed E-state index contributed by atoms with van der Waals surface area (Å²) in [4.78, 5) is 11.8. The van der Waals surface area contributed by atoms with Gasteiger partial charge in [0.05, 0.1) is 43.2 Å². The lowest BCUT2D eigenvalue weighted by Gasteiger charge is -2.47. The lowest BCUT2D eigenvalue weighted by atomic mass is 9.77. The van der Waals surface area contributed by atoms with E-state index in [0.717, 1.165) is 0 Å². The number of hydrogen-bond acceptors (Lipinski definition) is 13. The largest absolute Gasteiger partial charge is 0.444 e. The quantitative estimate of drug-likeness (QED) is 0.137. The first-order valence-electron chi connectivity index (χ1n) is 15.9. The summed E-state index contributed by atoms with van der Waals surface area (Å²) >= 11 is 0. The molecule has 2 saturated heterocycles. The monoisotopic (exact) mass is 636 g/mol. The van der Waals surface area contributed by atoms with Gasteiger partial charge in [-0.15, -0.1) is 0 Å². The van der Waals surface area contributed by atoms with Crippen molar-refractivity contribution in [1.82, 2.24) is 10.6 Å². The normalized spacial score (nSPS) is 40.8. The first kappa shape index (κ1) is 37.3. The standard InChI is InChI=1S/C30H56N2O12/c1-15-9-16(2)26(43-28-21(37)11-20(36)23(14-33)41-28)24(38)25(15)42-27-17(3)10-19(35)22(40-27)13-31-12-18(34)7-8-32-29(39)44-30(4,5)6/h15-28,31,33-38H,7-14H2,1-6H3,(H,32,39). The SMILES string of the molecule is CC1CC(O)C(CNCC(O)CCNC(=O)OC(C)(C)C)OC1OC1C(C)CC(C)C(OC2OC(CO)C(O)CC2O)C1O. The van der Waals surface area contributed by atoms with E-state index in [1.54, 1.807) is 20.8 Å². The maximum absolute atomic E-state index is 11.8. The Bertz CT molecular complexity index is 877. The second kappa shape index (κ2) is 16.6. The van der Waals surface area contributed by atoms with Gasteiger partial charge in [0.25, 0.3) is 0 Å². The van der Waals surface area contributed by atoms with Crippen molar-refractivity contribution in [3.63, 3.8) is 0 Å². The number of alkyl carbamates (subject to hydrolysis) is 1. The van der Waals surface area contributed by atoms with Crippen molar-refractivity contribution in [3.05, 3.63) is 0 Å². The highest BCUT2D eigenvalue weighted by molar-refractivity contribution is 5.67. The Kier molecular flexibility index (Phi) is 14.1. The third-order valence-corrected chi connectivity index (χ3v) is 8.52. The molecule has 0 aromatic carbocycles. The molecule has 2 heterocycles. The van der Waals surface area contributed by atoms with Gasteiger partial charge in [-0.1, -0.05) is 20.8 Å². The first-order valence-corrected chi connectivity index (χ1v) is 15.9. The highest BCUT2D eigenvalue weighted by Crippen LogP contribution is 2.38. The number of amides is 1. The van der Waals surface area contributed by atoms with Crippen LogP contribution in [0, 0.1) is 17.8 Å². The van der Waals surface area contributed by atoms with Gasteiger partial charge in [-0.25, -0.2) is 4.79 Å². The Balaban J connectivity index is 1.50. The van der Waals surface area contributed by atoms with E-state index < -0.39 is 85.8 Å². The average molecular weight is 637 g/mol. The van der Waals surface area contributed by atoms with Crippen LogP contribution in [-0.2, 0) is 23.7 Å². The van der Waals surface area contributed by atoms with Gasteiger partial charge in [-0.2, -0.15) is 0 Å². The number of hydrogen-bond donors (Lipinski definition) is 8. The van der Waals surface area contributed by atoms with Crippen molar-refractivity contribution >= 4 is 6.09 Å². The van der Waals surface area contributed by atoms with Crippen molar-refractivity contribution in [3.8, 4) is 0 Å². The molecule has 14 heteroatoms. The van der Waals surface area contributed by atoms with Crippen molar-refractivity contribution in [2.45, 2.75) is 140 Å². The number of aliphatic hydroxyl groups excluding tert-OH is 6. The first-order chi connectivity index (χ1) is 20.6. The predicted octanol–water partition coefficient (Wildman–Crippen LogP) is -0.400. The Labute approximate surface area is 260 Å². The average Bonchev–Trinajstić information content (AvgIpc) is 2.91. The van der Waals surface area contributed by atoms with Crippen LogP contribution in [0.5, 0.6) is 0 Å². The Morgan fingerprint density at radius 2 is 1.45 bits per heavy atom. The Hall–Kier alpha value is -1.17. The highest BCUT2D eigenvalue weighted by Gasteiger charge is 2.48. The molecule has 8 N–H and O–H groups in total. The summed E-state index contributed by atoms with van der Waals surface area (Å²) < 4.78 is 29.3. The van der Waals surface area contributed by atoms with Gasteiger partial charge in [-0.3, -0.25) is 0 Å². The van der Waals surface area contributed by atoms with E-state index in [4.69, 9.17) is 23.7 Å². The zero-order valence-electron chi connectivity index (χ0n) is 26.9. The molecular formula is C30H56N2O12. The Morgan fingerprint density at radius 1 is 0.864 bits per heavy atom. The van der Waals surface area contributed by atoms with Crippen LogP contribution in [0.15, 0.2) is 0 Å². The molecule has 258 valence electrons. The van der Waals surface area contributed by atoms with Gasteiger partial charge in [0.2, 0.25) is 0 Å². The van der Waals surface area contributed by atoms with E-state index in [-0.39, 0.29) is 43.8 Å². The van der Waals surface area contributed by atoms with E-state index >= 15 is 0 Å².